The van der Waals surface area contributed by atoms with E-state index in [9.17, 15) is 0 Å². The minimum Gasteiger partial charge on any atom is -0.314 e. The van der Waals surface area contributed by atoms with Gasteiger partial charge in [0.05, 0.1) is 0 Å². The maximum atomic E-state index is 2.36. The lowest BCUT2D eigenvalue weighted by molar-refractivity contribution is 0.997. The Bertz CT molecular complexity index is 820. The van der Waals surface area contributed by atoms with Crippen LogP contribution < -0.4 is 0 Å². The van der Waals surface area contributed by atoms with Crippen LogP contribution in [0.3, 0.4) is 0 Å². The summed E-state index contributed by atoms with van der Waals surface area (Å²) in [5.74, 6) is 0. The lowest BCUT2D eigenvalue weighted by Gasteiger charge is -2.11. The highest BCUT2D eigenvalue weighted by Crippen LogP contribution is 2.30. The molecule has 0 amide bonds. The predicted octanol–water partition coefficient (Wildman–Crippen LogP) is 6.44. The van der Waals surface area contributed by atoms with E-state index in [-0.39, 0.29) is 0 Å². The van der Waals surface area contributed by atoms with Gasteiger partial charge in [-0.15, -0.1) is 0 Å². The Labute approximate surface area is 145 Å². The summed E-state index contributed by atoms with van der Waals surface area (Å²) in [7, 11) is 0. The van der Waals surface area contributed by atoms with E-state index < -0.39 is 0 Å². The minimum atomic E-state index is 1.04. The standard InChI is InChI=1S/C23H25N/c1-4-6-12-22-17-23(20-10-8-7-9-11-20)18(3)24(22)21-15-13-19(5-2)14-16-21/h6-17H,4-5H2,1-3H3/b12-6+. The summed E-state index contributed by atoms with van der Waals surface area (Å²) in [5, 5.41) is 0. The lowest BCUT2D eigenvalue weighted by atomic mass is 10.1. The van der Waals surface area contributed by atoms with Crippen molar-refractivity contribution < 1.29 is 0 Å². The summed E-state index contributed by atoms with van der Waals surface area (Å²) in [6.45, 7) is 6.57. The fraction of sp³-hybridized carbons (Fsp3) is 0.217. The van der Waals surface area contributed by atoms with Crippen molar-refractivity contribution >= 4 is 6.08 Å². The molecule has 1 heterocycles. The molecule has 1 nitrogen and oxygen atoms in total. The first-order valence-corrected chi connectivity index (χ1v) is 8.78. The highest BCUT2D eigenvalue weighted by atomic mass is 15.0. The van der Waals surface area contributed by atoms with Crippen molar-refractivity contribution in [2.45, 2.75) is 33.6 Å². The molecule has 0 radical (unpaired) electrons. The van der Waals surface area contributed by atoms with Crippen LogP contribution in [0.25, 0.3) is 22.9 Å². The number of aromatic nitrogens is 1. The molecular formula is C23H25N. The van der Waals surface area contributed by atoms with E-state index in [0.29, 0.717) is 0 Å². The average molecular weight is 315 g/mol. The molecule has 2 aromatic carbocycles. The Hall–Kier alpha value is -2.54. The third kappa shape index (κ3) is 3.21. The number of nitrogens with zero attached hydrogens (tertiary/aromatic N) is 1. The number of benzene rings is 2. The van der Waals surface area contributed by atoms with Crippen molar-refractivity contribution in [3.05, 3.63) is 83.7 Å². The second kappa shape index (κ2) is 7.35. The Morgan fingerprint density at radius 3 is 2.25 bits per heavy atom. The maximum absolute atomic E-state index is 2.36. The lowest BCUT2D eigenvalue weighted by Crippen LogP contribution is -1.99. The van der Waals surface area contributed by atoms with Crippen LogP contribution in [-0.2, 0) is 6.42 Å². The smallest absolute Gasteiger partial charge is 0.0462 e. The Kier molecular flexibility index (Phi) is 5.00. The van der Waals surface area contributed by atoms with Crippen LogP contribution in [0.5, 0.6) is 0 Å². The van der Waals surface area contributed by atoms with Gasteiger partial charge in [0, 0.05) is 22.6 Å². The van der Waals surface area contributed by atoms with Crippen molar-refractivity contribution in [2.24, 2.45) is 0 Å². The Morgan fingerprint density at radius 1 is 0.917 bits per heavy atom. The van der Waals surface area contributed by atoms with Crippen molar-refractivity contribution in [3.63, 3.8) is 0 Å². The second-order valence-electron chi connectivity index (χ2n) is 6.10. The van der Waals surface area contributed by atoms with Gasteiger partial charge >= 0.3 is 0 Å². The summed E-state index contributed by atoms with van der Waals surface area (Å²) in [6.07, 6.45) is 6.57. The van der Waals surface area contributed by atoms with Gasteiger partial charge in [-0.25, -0.2) is 0 Å². The maximum Gasteiger partial charge on any atom is 0.0462 e. The van der Waals surface area contributed by atoms with Gasteiger partial charge in [0.15, 0.2) is 0 Å². The number of allylic oxidation sites excluding steroid dienone is 1. The number of hydrogen-bond donors (Lipinski definition) is 0. The van der Waals surface area contributed by atoms with E-state index in [2.05, 4.69) is 98.2 Å². The molecule has 24 heavy (non-hydrogen) atoms. The van der Waals surface area contributed by atoms with Gasteiger partial charge in [0.25, 0.3) is 0 Å². The van der Waals surface area contributed by atoms with Crippen molar-refractivity contribution in [1.82, 2.24) is 4.57 Å². The van der Waals surface area contributed by atoms with Gasteiger partial charge in [-0.3, -0.25) is 0 Å². The topological polar surface area (TPSA) is 4.93 Å². The van der Waals surface area contributed by atoms with Crippen LogP contribution >= 0.6 is 0 Å². The third-order valence-electron chi connectivity index (χ3n) is 4.49. The molecule has 0 fully saturated rings. The summed E-state index contributed by atoms with van der Waals surface area (Å²) < 4.78 is 2.36. The van der Waals surface area contributed by atoms with Crippen LogP contribution in [0.1, 0.15) is 37.2 Å². The first-order valence-electron chi connectivity index (χ1n) is 8.78. The zero-order chi connectivity index (χ0) is 16.9. The molecule has 0 aliphatic rings. The highest BCUT2D eigenvalue weighted by molar-refractivity contribution is 5.72. The molecule has 0 aliphatic carbocycles. The van der Waals surface area contributed by atoms with Gasteiger partial charge in [-0.05, 0) is 55.2 Å². The quantitative estimate of drug-likeness (QED) is 0.510. The summed E-state index contributed by atoms with van der Waals surface area (Å²) in [4.78, 5) is 0. The molecule has 3 rings (SSSR count). The van der Waals surface area contributed by atoms with E-state index in [4.69, 9.17) is 0 Å². The summed E-state index contributed by atoms with van der Waals surface area (Å²) >= 11 is 0. The van der Waals surface area contributed by atoms with Gasteiger partial charge in [-0.2, -0.15) is 0 Å². The molecule has 0 aliphatic heterocycles. The second-order valence-corrected chi connectivity index (χ2v) is 6.10. The molecule has 1 aromatic heterocycles. The molecule has 0 bridgehead atoms. The van der Waals surface area contributed by atoms with Crippen LogP contribution in [0.4, 0.5) is 0 Å². The van der Waals surface area contributed by atoms with E-state index >= 15 is 0 Å². The Morgan fingerprint density at radius 2 is 1.62 bits per heavy atom. The predicted molar refractivity (Wildman–Crippen MR) is 105 cm³/mol. The van der Waals surface area contributed by atoms with E-state index in [1.165, 1.54) is 33.8 Å². The van der Waals surface area contributed by atoms with Crippen molar-refractivity contribution in [2.75, 3.05) is 0 Å². The largest absolute Gasteiger partial charge is 0.314 e. The molecule has 0 spiro atoms. The fourth-order valence-electron chi connectivity index (χ4n) is 3.13. The van der Waals surface area contributed by atoms with Crippen molar-refractivity contribution in [1.29, 1.82) is 0 Å². The minimum absolute atomic E-state index is 1.04. The van der Waals surface area contributed by atoms with Gasteiger partial charge in [0.2, 0.25) is 0 Å². The molecule has 1 heteroatoms. The monoisotopic (exact) mass is 315 g/mol. The zero-order valence-corrected chi connectivity index (χ0v) is 14.8. The SMILES string of the molecule is CC/C=C/c1cc(-c2ccccc2)c(C)n1-c1ccc(CC)cc1. The molecule has 0 atom stereocenters. The molecule has 122 valence electrons. The van der Waals surface area contributed by atoms with Gasteiger partial charge in [0.1, 0.15) is 0 Å². The van der Waals surface area contributed by atoms with Gasteiger partial charge < -0.3 is 4.57 Å². The average Bonchev–Trinajstić information content (AvgIpc) is 2.97. The first-order chi connectivity index (χ1) is 11.7. The zero-order valence-electron chi connectivity index (χ0n) is 14.8. The number of rotatable bonds is 5. The normalized spacial score (nSPS) is 11.3. The number of hydrogen-bond acceptors (Lipinski definition) is 0. The molecule has 0 saturated heterocycles. The molecular weight excluding hydrogens is 290 g/mol. The number of aryl methyl sites for hydroxylation is 1. The van der Waals surface area contributed by atoms with Crippen molar-refractivity contribution in [3.8, 4) is 16.8 Å². The molecule has 0 saturated carbocycles. The summed E-state index contributed by atoms with van der Waals surface area (Å²) in [5.41, 5.74) is 7.68. The molecule has 3 aromatic rings. The van der Waals surface area contributed by atoms with Crippen LogP contribution in [0.15, 0.2) is 66.7 Å². The van der Waals surface area contributed by atoms with Crippen LogP contribution in [-0.4, -0.2) is 4.57 Å². The third-order valence-corrected chi connectivity index (χ3v) is 4.49. The first kappa shape index (κ1) is 16.3. The van der Waals surface area contributed by atoms with Crippen LogP contribution in [0, 0.1) is 6.92 Å². The fourth-order valence-corrected chi connectivity index (χ4v) is 3.13. The van der Waals surface area contributed by atoms with E-state index in [0.717, 1.165) is 12.8 Å². The molecule has 0 N–H and O–H groups in total. The van der Waals surface area contributed by atoms with E-state index in [1.807, 2.05) is 0 Å². The molecule has 0 unspecified atom stereocenters. The summed E-state index contributed by atoms with van der Waals surface area (Å²) in [6, 6.07) is 21.8. The van der Waals surface area contributed by atoms with Gasteiger partial charge in [-0.1, -0.05) is 62.4 Å². The van der Waals surface area contributed by atoms with Crippen LogP contribution in [0.2, 0.25) is 0 Å². The Balaban J connectivity index is 2.15. The highest BCUT2D eigenvalue weighted by Gasteiger charge is 2.13. The van der Waals surface area contributed by atoms with E-state index in [1.54, 1.807) is 0 Å².